The number of hydrogen-bond acceptors (Lipinski definition) is 3. The van der Waals surface area contributed by atoms with Crippen LogP contribution in [0, 0.1) is 5.92 Å². The van der Waals surface area contributed by atoms with Crippen molar-refractivity contribution in [3.63, 3.8) is 0 Å². The molecule has 132 valence electrons. The molecule has 1 aromatic carbocycles. The Balaban J connectivity index is 1.96. The van der Waals surface area contributed by atoms with Crippen LogP contribution in [0.2, 0.25) is 0 Å². The summed E-state index contributed by atoms with van der Waals surface area (Å²) in [6.07, 6.45) is 0.632. The lowest BCUT2D eigenvalue weighted by atomic mass is 10.0. The summed E-state index contributed by atoms with van der Waals surface area (Å²) < 4.78 is 0. The van der Waals surface area contributed by atoms with Crippen LogP contribution in [-0.4, -0.2) is 61.0 Å². The van der Waals surface area contributed by atoms with E-state index in [0.29, 0.717) is 31.1 Å². The van der Waals surface area contributed by atoms with Crippen LogP contribution in [0.25, 0.3) is 0 Å². The van der Waals surface area contributed by atoms with Crippen molar-refractivity contribution in [1.29, 1.82) is 0 Å². The highest BCUT2D eigenvalue weighted by Gasteiger charge is 2.28. The second-order valence-corrected chi connectivity index (χ2v) is 6.78. The monoisotopic (exact) mass is 332 g/mol. The Labute approximate surface area is 144 Å². The van der Waals surface area contributed by atoms with Gasteiger partial charge in [0, 0.05) is 31.9 Å². The predicted octanol–water partition coefficient (Wildman–Crippen LogP) is 2.00. The van der Waals surface area contributed by atoms with Crippen molar-refractivity contribution in [1.82, 2.24) is 15.1 Å². The number of carbonyl (C=O) groups excluding carboxylic acids is 2. The van der Waals surface area contributed by atoms with Crippen molar-refractivity contribution in [2.24, 2.45) is 5.92 Å². The van der Waals surface area contributed by atoms with Crippen LogP contribution in [0.1, 0.15) is 20.3 Å². The lowest BCUT2D eigenvalue weighted by Gasteiger charge is -2.35. The number of likely N-dealkylation sites (N-methyl/N-ethyl adjacent to an activating group) is 1. The molecule has 2 rings (SSSR count). The van der Waals surface area contributed by atoms with Gasteiger partial charge in [0.1, 0.15) is 6.04 Å². The number of amides is 3. The Morgan fingerprint density at radius 3 is 2.29 bits per heavy atom. The van der Waals surface area contributed by atoms with Gasteiger partial charge in [0.25, 0.3) is 0 Å². The van der Waals surface area contributed by atoms with Gasteiger partial charge in [0.2, 0.25) is 5.91 Å². The first-order valence-electron chi connectivity index (χ1n) is 8.55. The highest BCUT2D eigenvalue weighted by Crippen LogP contribution is 2.11. The topological polar surface area (TPSA) is 64.7 Å². The number of nitrogens with zero attached hydrogens (tertiary/aromatic N) is 2. The third-order valence-electron chi connectivity index (χ3n) is 4.16. The number of rotatable bonds is 5. The lowest BCUT2D eigenvalue weighted by molar-refractivity contribution is -0.135. The first-order valence-corrected chi connectivity index (χ1v) is 8.55. The largest absolute Gasteiger partial charge is 0.338 e. The number of para-hydroxylation sites is 1. The Morgan fingerprint density at radius 2 is 1.71 bits per heavy atom. The maximum Gasteiger partial charge on any atom is 0.319 e. The SMILES string of the molecule is CC(C)C[C@H](NC(=O)Nc1ccccc1)C(=O)N1CCN(C)CC1. The third-order valence-corrected chi connectivity index (χ3v) is 4.16. The van der Waals surface area contributed by atoms with Gasteiger partial charge in [-0.15, -0.1) is 0 Å². The van der Waals surface area contributed by atoms with E-state index < -0.39 is 6.04 Å². The highest BCUT2D eigenvalue weighted by atomic mass is 16.2. The molecule has 0 aromatic heterocycles. The fraction of sp³-hybridized carbons (Fsp3) is 0.556. The second-order valence-electron chi connectivity index (χ2n) is 6.78. The molecule has 24 heavy (non-hydrogen) atoms. The quantitative estimate of drug-likeness (QED) is 0.867. The standard InChI is InChI=1S/C18H28N4O2/c1-14(2)13-16(17(23)22-11-9-21(3)10-12-22)20-18(24)19-15-7-5-4-6-8-15/h4-8,14,16H,9-13H2,1-3H3,(H2,19,20,24)/t16-/m0/s1. The fourth-order valence-corrected chi connectivity index (χ4v) is 2.79. The van der Waals surface area contributed by atoms with E-state index in [1.807, 2.05) is 35.2 Å². The minimum atomic E-state index is -0.489. The number of hydrogen-bond donors (Lipinski definition) is 2. The first kappa shape index (κ1) is 18.3. The molecule has 1 saturated heterocycles. The molecule has 1 aliphatic heterocycles. The van der Waals surface area contributed by atoms with Crippen LogP contribution in [0.15, 0.2) is 30.3 Å². The number of nitrogens with one attached hydrogen (secondary N) is 2. The Morgan fingerprint density at radius 1 is 1.08 bits per heavy atom. The van der Waals surface area contributed by atoms with Crippen molar-refractivity contribution in [3.05, 3.63) is 30.3 Å². The maximum absolute atomic E-state index is 12.8. The smallest absolute Gasteiger partial charge is 0.319 e. The zero-order valence-electron chi connectivity index (χ0n) is 14.8. The van der Waals surface area contributed by atoms with E-state index in [1.54, 1.807) is 0 Å². The summed E-state index contributed by atoms with van der Waals surface area (Å²) in [7, 11) is 2.05. The molecular weight excluding hydrogens is 304 g/mol. The molecule has 6 nitrogen and oxygen atoms in total. The number of benzene rings is 1. The molecule has 1 atom stereocenters. The van der Waals surface area contributed by atoms with E-state index in [1.165, 1.54) is 0 Å². The normalized spacial score (nSPS) is 16.8. The molecule has 0 bridgehead atoms. The van der Waals surface area contributed by atoms with Gasteiger partial charge in [0.15, 0.2) is 0 Å². The van der Waals surface area contributed by atoms with Crippen LogP contribution in [-0.2, 0) is 4.79 Å². The van der Waals surface area contributed by atoms with E-state index in [0.717, 1.165) is 13.1 Å². The Hall–Kier alpha value is -2.08. The van der Waals surface area contributed by atoms with Crippen LogP contribution in [0.3, 0.4) is 0 Å². The van der Waals surface area contributed by atoms with Gasteiger partial charge in [-0.2, -0.15) is 0 Å². The van der Waals surface area contributed by atoms with Crippen LogP contribution in [0.5, 0.6) is 0 Å². The lowest BCUT2D eigenvalue weighted by Crippen LogP contribution is -2.55. The molecule has 6 heteroatoms. The molecule has 0 spiro atoms. The summed E-state index contributed by atoms with van der Waals surface area (Å²) in [5.74, 6) is 0.337. The summed E-state index contributed by atoms with van der Waals surface area (Å²) >= 11 is 0. The molecule has 0 saturated carbocycles. The minimum Gasteiger partial charge on any atom is -0.338 e. The third kappa shape index (κ3) is 5.53. The molecule has 0 unspecified atom stereocenters. The molecular formula is C18H28N4O2. The average Bonchev–Trinajstić information content (AvgIpc) is 2.55. The number of urea groups is 1. The van der Waals surface area contributed by atoms with Gasteiger partial charge in [0.05, 0.1) is 0 Å². The molecule has 3 amide bonds. The molecule has 2 N–H and O–H groups in total. The maximum atomic E-state index is 12.8. The number of piperazine rings is 1. The minimum absolute atomic E-state index is 0.0139. The summed E-state index contributed by atoms with van der Waals surface area (Å²) in [5, 5.41) is 5.63. The van der Waals surface area contributed by atoms with E-state index in [-0.39, 0.29) is 11.9 Å². The zero-order chi connectivity index (χ0) is 17.5. The summed E-state index contributed by atoms with van der Waals surface area (Å²) in [4.78, 5) is 29.1. The molecule has 0 radical (unpaired) electrons. The van der Waals surface area contributed by atoms with E-state index in [2.05, 4.69) is 36.4 Å². The van der Waals surface area contributed by atoms with Crippen molar-refractivity contribution >= 4 is 17.6 Å². The van der Waals surface area contributed by atoms with Gasteiger partial charge in [-0.3, -0.25) is 4.79 Å². The number of anilines is 1. The number of carbonyl (C=O) groups is 2. The molecule has 1 heterocycles. The van der Waals surface area contributed by atoms with Crippen molar-refractivity contribution in [2.45, 2.75) is 26.3 Å². The Kier molecular flexibility index (Phi) is 6.61. The van der Waals surface area contributed by atoms with Crippen LogP contribution in [0.4, 0.5) is 10.5 Å². The molecule has 1 aliphatic rings. The van der Waals surface area contributed by atoms with Crippen molar-refractivity contribution < 1.29 is 9.59 Å². The van der Waals surface area contributed by atoms with Gasteiger partial charge in [-0.25, -0.2) is 4.79 Å². The highest BCUT2D eigenvalue weighted by molar-refractivity contribution is 5.93. The van der Waals surface area contributed by atoms with Crippen molar-refractivity contribution in [2.75, 3.05) is 38.5 Å². The van der Waals surface area contributed by atoms with E-state index in [9.17, 15) is 9.59 Å². The second kappa shape index (κ2) is 8.68. The fourth-order valence-electron chi connectivity index (χ4n) is 2.79. The van der Waals surface area contributed by atoms with Crippen LogP contribution < -0.4 is 10.6 Å². The molecule has 1 fully saturated rings. The zero-order valence-corrected chi connectivity index (χ0v) is 14.8. The molecule has 0 aliphatic carbocycles. The molecule has 1 aromatic rings. The van der Waals surface area contributed by atoms with E-state index >= 15 is 0 Å². The summed E-state index contributed by atoms with van der Waals surface area (Å²) in [5.41, 5.74) is 0.713. The predicted molar refractivity (Wildman–Crippen MR) is 95.9 cm³/mol. The first-order chi connectivity index (χ1) is 11.5. The van der Waals surface area contributed by atoms with Gasteiger partial charge in [-0.05, 0) is 31.5 Å². The van der Waals surface area contributed by atoms with E-state index in [4.69, 9.17) is 0 Å². The van der Waals surface area contributed by atoms with Gasteiger partial charge < -0.3 is 20.4 Å². The van der Waals surface area contributed by atoms with Crippen LogP contribution >= 0.6 is 0 Å². The van der Waals surface area contributed by atoms with Gasteiger partial charge >= 0.3 is 6.03 Å². The summed E-state index contributed by atoms with van der Waals surface area (Å²) in [6, 6.07) is 8.42. The Bertz CT molecular complexity index is 539. The summed E-state index contributed by atoms with van der Waals surface area (Å²) in [6.45, 7) is 7.28. The van der Waals surface area contributed by atoms with Gasteiger partial charge in [-0.1, -0.05) is 32.0 Å². The average molecular weight is 332 g/mol. The van der Waals surface area contributed by atoms with Crippen molar-refractivity contribution in [3.8, 4) is 0 Å².